The topological polar surface area (TPSA) is 71.4 Å². The summed E-state index contributed by atoms with van der Waals surface area (Å²) in [5.41, 5.74) is 2.03. The van der Waals surface area contributed by atoms with Crippen molar-refractivity contribution in [3.8, 4) is 11.5 Å². The van der Waals surface area contributed by atoms with Crippen LogP contribution in [0.15, 0.2) is 41.5 Å². The summed E-state index contributed by atoms with van der Waals surface area (Å²) < 4.78 is 37.9. The molecule has 1 fully saturated rings. The second kappa shape index (κ2) is 7.80. The van der Waals surface area contributed by atoms with E-state index < -0.39 is 15.7 Å². The first-order chi connectivity index (χ1) is 15.2. The van der Waals surface area contributed by atoms with Gasteiger partial charge in [0.15, 0.2) is 11.5 Å². The molecule has 0 bridgehead atoms. The largest absolute Gasteiger partial charge is 0.493 e. The van der Waals surface area contributed by atoms with Crippen molar-refractivity contribution in [3.05, 3.63) is 57.6 Å². The molecule has 2 aromatic rings. The average molecular weight is 496 g/mol. The highest BCUT2D eigenvalue weighted by atomic mass is 35.5. The van der Waals surface area contributed by atoms with Crippen LogP contribution in [0.1, 0.15) is 36.4 Å². The summed E-state index contributed by atoms with van der Waals surface area (Å²) in [7, 11) is -1.65. The Kier molecular flexibility index (Phi) is 5.32. The Bertz CT molecular complexity index is 1210. The summed E-state index contributed by atoms with van der Waals surface area (Å²) in [6.07, 6.45) is 2.89. The van der Waals surface area contributed by atoms with Gasteiger partial charge < -0.3 is 9.47 Å². The molecule has 3 heterocycles. The van der Waals surface area contributed by atoms with Gasteiger partial charge in [-0.15, -0.1) is 0 Å². The molecule has 0 radical (unpaired) electrons. The number of ether oxygens (including phenoxy) is 2. The van der Waals surface area contributed by atoms with Crippen LogP contribution in [0.4, 0.5) is 0 Å². The zero-order chi connectivity index (χ0) is 22.7. The van der Waals surface area contributed by atoms with Crippen LogP contribution in [0.3, 0.4) is 0 Å². The maximum absolute atomic E-state index is 12.1. The minimum Gasteiger partial charge on any atom is -0.493 e. The number of hydrazone groups is 1. The van der Waals surface area contributed by atoms with Crippen LogP contribution in [0, 0.1) is 0 Å². The zero-order valence-electron chi connectivity index (χ0n) is 17.7. The second-order valence-corrected chi connectivity index (χ2v) is 11.1. The molecule has 170 valence electrons. The fourth-order valence-electron chi connectivity index (χ4n) is 4.78. The summed E-state index contributed by atoms with van der Waals surface area (Å²) in [4.78, 5) is 0. The number of sulfonamides is 1. The third-order valence-corrected chi connectivity index (χ3v) is 8.48. The van der Waals surface area contributed by atoms with Crippen molar-refractivity contribution in [1.82, 2.24) is 9.31 Å². The average Bonchev–Trinajstić information content (AvgIpc) is 3.22. The van der Waals surface area contributed by atoms with E-state index in [1.165, 1.54) is 10.6 Å². The third-order valence-electron chi connectivity index (χ3n) is 6.43. The predicted octanol–water partition coefficient (Wildman–Crippen LogP) is 4.30. The van der Waals surface area contributed by atoms with Gasteiger partial charge in [0.2, 0.25) is 15.7 Å². The van der Waals surface area contributed by atoms with Crippen molar-refractivity contribution in [1.29, 1.82) is 0 Å². The van der Waals surface area contributed by atoms with Gasteiger partial charge in [-0.3, -0.25) is 0 Å². The van der Waals surface area contributed by atoms with Crippen LogP contribution in [-0.2, 0) is 10.0 Å². The molecule has 0 aromatic heterocycles. The van der Waals surface area contributed by atoms with Gasteiger partial charge in [-0.05, 0) is 23.8 Å². The molecule has 7 nitrogen and oxygen atoms in total. The van der Waals surface area contributed by atoms with Crippen LogP contribution in [0.25, 0.3) is 0 Å². The number of piperidine rings is 1. The summed E-state index contributed by atoms with van der Waals surface area (Å²) >= 11 is 12.4. The molecule has 0 saturated carbocycles. The fraction of sp³-hybridized carbons (Fsp3) is 0.409. The molecule has 0 N–H and O–H groups in total. The first-order valence-corrected chi connectivity index (χ1v) is 13.0. The number of fused-ring (bicyclic) bond motifs is 4. The van der Waals surface area contributed by atoms with Crippen LogP contribution in [-0.4, -0.2) is 55.6 Å². The van der Waals surface area contributed by atoms with E-state index in [0.29, 0.717) is 53.9 Å². The Labute approximate surface area is 197 Å². The smallest absolute Gasteiger partial charge is 0.211 e. The number of halogens is 2. The van der Waals surface area contributed by atoms with Crippen molar-refractivity contribution < 1.29 is 17.9 Å². The van der Waals surface area contributed by atoms with Crippen LogP contribution >= 0.6 is 23.2 Å². The SMILES string of the molecule is COc1cccc2c1OC1(CCN(S(C)(=O)=O)CC1)N1N=C(c3ccc(Cl)c(Cl)c3)CC21. The van der Waals surface area contributed by atoms with E-state index in [1.54, 1.807) is 13.2 Å². The summed E-state index contributed by atoms with van der Waals surface area (Å²) in [6, 6.07) is 11.3. The lowest BCUT2D eigenvalue weighted by Crippen LogP contribution is -2.59. The Morgan fingerprint density at radius 3 is 2.56 bits per heavy atom. The minimum absolute atomic E-state index is 0.0527. The van der Waals surface area contributed by atoms with E-state index in [2.05, 4.69) is 0 Å². The van der Waals surface area contributed by atoms with E-state index in [9.17, 15) is 8.42 Å². The minimum atomic E-state index is -3.27. The van der Waals surface area contributed by atoms with Gasteiger partial charge in [0.1, 0.15) is 0 Å². The maximum atomic E-state index is 12.1. The first kappa shape index (κ1) is 21.8. The third kappa shape index (κ3) is 3.53. The van der Waals surface area contributed by atoms with Crippen molar-refractivity contribution in [3.63, 3.8) is 0 Å². The standard InChI is InChI=1S/C22H23Cl2N3O4S/c1-30-20-5-3-4-15-19-13-18(14-6-7-16(23)17(24)12-14)25-27(19)22(31-21(15)20)8-10-26(11-9-22)32(2,28)29/h3-7,12,19H,8-11,13H2,1-2H3. The molecular formula is C22H23Cl2N3O4S. The molecule has 3 aliphatic rings. The molecule has 32 heavy (non-hydrogen) atoms. The quantitative estimate of drug-likeness (QED) is 0.634. The van der Waals surface area contributed by atoms with Gasteiger partial charge in [-0.25, -0.2) is 17.7 Å². The number of para-hydroxylation sites is 1. The highest BCUT2D eigenvalue weighted by Gasteiger charge is 2.53. The van der Waals surface area contributed by atoms with Gasteiger partial charge in [0.05, 0.1) is 35.2 Å². The Balaban J connectivity index is 1.58. The Morgan fingerprint density at radius 2 is 1.91 bits per heavy atom. The Morgan fingerprint density at radius 1 is 1.16 bits per heavy atom. The van der Waals surface area contributed by atoms with Crippen LogP contribution < -0.4 is 9.47 Å². The molecule has 0 amide bonds. The Hall–Kier alpha value is -2.00. The van der Waals surface area contributed by atoms with Gasteiger partial charge in [-0.1, -0.05) is 41.4 Å². The van der Waals surface area contributed by atoms with E-state index in [1.807, 2.05) is 35.3 Å². The first-order valence-electron chi connectivity index (χ1n) is 10.4. The molecular weight excluding hydrogens is 473 g/mol. The summed E-state index contributed by atoms with van der Waals surface area (Å²) in [6.45, 7) is 0.730. The summed E-state index contributed by atoms with van der Waals surface area (Å²) in [5, 5.41) is 7.98. The number of methoxy groups -OCH3 is 1. The molecule has 2 aromatic carbocycles. The van der Waals surface area contributed by atoms with Crippen molar-refractivity contribution in [2.75, 3.05) is 26.5 Å². The van der Waals surface area contributed by atoms with E-state index >= 15 is 0 Å². The zero-order valence-corrected chi connectivity index (χ0v) is 20.0. The molecule has 3 aliphatic heterocycles. The van der Waals surface area contributed by atoms with Gasteiger partial charge >= 0.3 is 0 Å². The molecule has 5 rings (SSSR count). The predicted molar refractivity (Wildman–Crippen MR) is 124 cm³/mol. The maximum Gasteiger partial charge on any atom is 0.211 e. The molecule has 1 spiro atoms. The number of hydrogen-bond donors (Lipinski definition) is 0. The van der Waals surface area contributed by atoms with E-state index in [4.69, 9.17) is 37.8 Å². The number of benzene rings is 2. The molecule has 1 unspecified atom stereocenters. The molecule has 1 atom stereocenters. The number of rotatable bonds is 3. The summed E-state index contributed by atoms with van der Waals surface area (Å²) in [5.74, 6) is 1.37. The fourth-order valence-corrected chi connectivity index (χ4v) is 5.92. The molecule has 1 saturated heterocycles. The van der Waals surface area contributed by atoms with Crippen LogP contribution in [0.5, 0.6) is 11.5 Å². The lowest BCUT2D eigenvalue weighted by Gasteiger charge is -2.50. The van der Waals surface area contributed by atoms with Gasteiger partial charge in [-0.2, -0.15) is 5.10 Å². The lowest BCUT2D eigenvalue weighted by molar-refractivity contribution is -0.144. The van der Waals surface area contributed by atoms with E-state index in [0.717, 1.165) is 16.8 Å². The normalized spacial score (nSPS) is 22.2. The van der Waals surface area contributed by atoms with Crippen molar-refractivity contribution in [2.45, 2.75) is 31.0 Å². The molecule has 0 aliphatic carbocycles. The second-order valence-electron chi connectivity index (χ2n) is 8.33. The van der Waals surface area contributed by atoms with Crippen LogP contribution in [0.2, 0.25) is 10.0 Å². The van der Waals surface area contributed by atoms with Crippen molar-refractivity contribution in [2.24, 2.45) is 5.10 Å². The van der Waals surface area contributed by atoms with Crippen molar-refractivity contribution >= 4 is 38.9 Å². The molecule has 10 heteroatoms. The highest BCUT2D eigenvalue weighted by molar-refractivity contribution is 7.88. The lowest BCUT2D eigenvalue weighted by atomic mass is 9.91. The monoisotopic (exact) mass is 495 g/mol. The highest BCUT2D eigenvalue weighted by Crippen LogP contribution is 2.52. The number of hydrogen-bond acceptors (Lipinski definition) is 6. The van der Waals surface area contributed by atoms with E-state index in [-0.39, 0.29) is 6.04 Å². The van der Waals surface area contributed by atoms with Gasteiger partial charge in [0, 0.05) is 37.9 Å². The van der Waals surface area contributed by atoms with Gasteiger partial charge in [0.25, 0.3) is 0 Å². The number of nitrogens with zero attached hydrogens (tertiary/aromatic N) is 3.